The first-order valence-corrected chi connectivity index (χ1v) is 12.2. The van der Waals surface area contributed by atoms with Gasteiger partial charge in [0.15, 0.2) is 0 Å². The maximum absolute atomic E-state index is 11.7. The van der Waals surface area contributed by atoms with Gasteiger partial charge in [0, 0.05) is 6.42 Å². The largest absolute Gasteiger partial charge is 0.469 e. The molecule has 4 aliphatic carbocycles. The summed E-state index contributed by atoms with van der Waals surface area (Å²) in [5.74, 6) is 1.87. The summed E-state index contributed by atoms with van der Waals surface area (Å²) in [6.45, 7) is 7.02. The minimum Gasteiger partial charge on any atom is -0.469 e. The molecule has 4 rings (SSSR count). The molecule has 0 heterocycles. The van der Waals surface area contributed by atoms with Crippen LogP contribution in [0.15, 0.2) is 0 Å². The highest BCUT2D eigenvalue weighted by Gasteiger charge is 2.65. The van der Waals surface area contributed by atoms with Crippen molar-refractivity contribution in [3.05, 3.63) is 0 Å². The van der Waals surface area contributed by atoms with Gasteiger partial charge in [0.2, 0.25) is 0 Å². The average Bonchev–Trinajstić information content (AvgIpc) is 3.08. The third kappa shape index (κ3) is 3.34. The maximum atomic E-state index is 11.7. The monoisotopic (exact) mass is 422 g/mol. The fraction of sp³-hybridized carbons (Fsp3) is 0.960. The van der Waals surface area contributed by atoms with Gasteiger partial charge in [-0.15, -0.1) is 0 Å². The van der Waals surface area contributed by atoms with Crippen LogP contribution < -0.4 is 0 Å². The van der Waals surface area contributed by atoms with Gasteiger partial charge in [-0.1, -0.05) is 20.8 Å². The molecule has 5 nitrogen and oxygen atoms in total. The summed E-state index contributed by atoms with van der Waals surface area (Å²) in [7, 11) is 1.45. The third-order valence-corrected chi connectivity index (χ3v) is 10.5. The molecule has 0 unspecified atom stereocenters. The zero-order valence-corrected chi connectivity index (χ0v) is 19.2. The lowest BCUT2D eigenvalue weighted by atomic mass is 9.43. The maximum Gasteiger partial charge on any atom is 0.305 e. The van der Waals surface area contributed by atoms with E-state index in [2.05, 4.69) is 20.8 Å². The summed E-state index contributed by atoms with van der Waals surface area (Å²) >= 11 is 0. The number of ether oxygens (including phenoxy) is 1. The molecular weight excluding hydrogens is 380 g/mol. The van der Waals surface area contributed by atoms with Crippen LogP contribution in [0.5, 0.6) is 0 Å². The predicted molar refractivity (Wildman–Crippen MR) is 114 cm³/mol. The fourth-order valence-corrected chi connectivity index (χ4v) is 8.86. The zero-order valence-electron chi connectivity index (χ0n) is 19.2. The molecule has 0 saturated heterocycles. The van der Waals surface area contributed by atoms with Gasteiger partial charge in [-0.05, 0) is 97.7 Å². The van der Waals surface area contributed by atoms with Crippen LogP contribution in [-0.4, -0.2) is 46.7 Å². The number of methoxy groups -OCH3 is 1. The standard InChI is InChI=1S/C25H42O5/c1-14(5-8-20(27)30-4)16-6-7-17-21-18(10-12-24(16,17)2)25(3)11-9-15(26)13-19(25)22(28)23(21)29/h14-19,21-23,26,28-29H,5-13H2,1-4H3/t14-,15+,16-,17+,18+,19+,21+,22-,23+,24-,25-/m1/s1. The van der Waals surface area contributed by atoms with Crippen LogP contribution in [0.1, 0.15) is 78.6 Å². The Morgan fingerprint density at radius 2 is 1.63 bits per heavy atom. The van der Waals surface area contributed by atoms with Crippen molar-refractivity contribution in [2.75, 3.05) is 7.11 Å². The number of esters is 1. The number of hydrogen-bond donors (Lipinski definition) is 3. The highest BCUT2D eigenvalue weighted by molar-refractivity contribution is 5.69. The lowest BCUT2D eigenvalue weighted by Crippen LogP contribution is -2.64. The summed E-state index contributed by atoms with van der Waals surface area (Å²) in [5.41, 5.74) is 0.174. The van der Waals surface area contributed by atoms with E-state index in [9.17, 15) is 20.1 Å². The van der Waals surface area contributed by atoms with Crippen LogP contribution in [0.3, 0.4) is 0 Å². The van der Waals surface area contributed by atoms with E-state index < -0.39 is 12.2 Å². The van der Waals surface area contributed by atoms with Gasteiger partial charge in [-0.3, -0.25) is 4.79 Å². The molecule has 11 atom stereocenters. The summed E-state index contributed by atoms with van der Waals surface area (Å²) in [6.07, 6.45) is 6.48. The summed E-state index contributed by atoms with van der Waals surface area (Å²) in [6, 6.07) is 0. The fourth-order valence-electron chi connectivity index (χ4n) is 8.86. The Bertz CT molecular complexity index is 651. The number of fused-ring (bicyclic) bond motifs is 5. The van der Waals surface area contributed by atoms with Gasteiger partial charge in [0.25, 0.3) is 0 Å². The van der Waals surface area contributed by atoms with Crippen molar-refractivity contribution in [3.8, 4) is 0 Å². The number of carbonyl (C=O) groups is 1. The Balaban J connectivity index is 1.56. The topological polar surface area (TPSA) is 87.0 Å². The Labute approximate surface area is 181 Å². The van der Waals surface area contributed by atoms with Gasteiger partial charge in [0.05, 0.1) is 25.4 Å². The first-order valence-electron chi connectivity index (χ1n) is 12.2. The number of aliphatic hydroxyl groups excluding tert-OH is 3. The van der Waals surface area contributed by atoms with Gasteiger partial charge in [-0.2, -0.15) is 0 Å². The first-order chi connectivity index (χ1) is 14.1. The smallest absolute Gasteiger partial charge is 0.305 e. The van der Waals surface area contributed by atoms with Gasteiger partial charge in [-0.25, -0.2) is 0 Å². The Kier molecular flexibility index (Phi) is 6.04. The third-order valence-electron chi connectivity index (χ3n) is 10.5. The highest BCUT2D eigenvalue weighted by atomic mass is 16.5. The van der Waals surface area contributed by atoms with Crippen LogP contribution in [0, 0.1) is 46.3 Å². The van der Waals surface area contributed by atoms with Crippen molar-refractivity contribution >= 4 is 5.97 Å². The summed E-state index contributed by atoms with van der Waals surface area (Å²) < 4.78 is 4.84. The number of hydrogen-bond acceptors (Lipinski definition) is 5. The molecule has 0 aromatic rings. The molecule has 172 valence electrons. The Hall–Kier alpha value is -0.650. The molecular formula is C25H42O5. The quantitative estimate of drug-likeness (QED) is 0.603. The molecule has 0 radical (unpaired) electrons. The van der Waals surface area contributed by atoms with E-state index in [4.69, 9.17) is 4.74 Å². The lowest BCUT2D eigenvalue weighted by Gasteiger charge is -2.63. The summed E-state index contributed by atoms with van der Waals surface area (Å²) in [5, 5.41) is 32.7. The average molecular weight is 423 g/mol. The van der Waals surface area contributed by atoms with Crippen LogP contribution in [0.25, 0.3) is 0 Å². The minimum atomic E-state index is -0.732. The van der Waals surface area contributed by atoms with E-state index in [1.54, 1.807) is 0 Å². The Morgan fingerprint density at radius 3 is 2.33 bits per heavy atom. The molecule has 4 saturated carbocycles. The molecule has 0 aliphatic heterocycles. The molecule has 3 N–H and O–H groups in total. The van der Waals surface area contributed by atoms with E-state index in [1.807, 2.05) is 0 Å². The van der Waals surface area contributed by atoms with Crippen molar-refractivity contribution < 1.29 is 24.9 Å². The highest BCUT2D eigenvalue weighted by Crippen LogP contribution is 2.68. The van der Waals surface area contributed by atoms with Crippen molar-refractivity contribution in [2.45, 2.75) is 96.9 Å². The molecule has 30 heavy (non-hydrogen) atoms. The van der Waals surface area contributed by atoms with Crippen LogP contribution in [-0.2, 0) is 9.53 Å². The number of aliphatic hydroxyl groups is 3. The second kappa shape index (κ2) is 8.04. The molecule has 4 aliphatic rings. The lowest BCUT2D eigenvalue weighted by molar-refractivity contribution is -0.223. The van der Waals surface area contributed by atoms with Crippen molar-refractivity contribution in [2.24, 2.45) is 46.3 Å². The van der Waals surface area contributed by atoms with Crippen molar-refractivity contribution in [3.63, 3.8) is 0 Å². The molecule has 0 bridgehead atoms. The minimum absolute atomic E-state index is 0.00182. The molecule has 5 heteroatoms. The van der Waals surface area contributed by atoms with E-state index in [-0.39, 0.29) is 34.7 Å². The van der Waals surface area contributed by atoms with Crippen LogP contribution in [0.2, 0.25) is 0 Å². The van der Waals surface area contributed by atoms with E-state index in [1.165, 1.54) is 13.5 Å². The SMILES string of the molecule is COC(=O)CC[C@@H](C)[C@H]1CC[C@H]2[C@@H]3[C@H](O)[C@H](O)[C@@H]4C[C@@H](O)CC[C@]4(C)[C@H]3CC[C@]12C. The van der Waals surface area contributed by atoms with Crippen LogP contribution in [0.4, 0.5) is 0 Å². The normalized spacial score (nSPS) is 51.4. The second-order valence-corrected chi connectivity index (χ2v) is 11.6. The van der Waals surface area contributed by atoms with Crippen LogP contribution >= 0.6 is 0 Å². The second-order valence-electron chi connectivity index (χ2n) is 11.6. The van der Waals surface area contributed by atoms with E-state index in [0.717, 1.165) is 38.5 Å². The molecule has 0 spiro atoms. The van der Waals surface area contributed by atoms with E-state index >= 15 is 0 Å². The van der Waals surface area contributed by atoms with Crippen molar-refractivity contribution in [1.29, 1.82) is 0 Å². The first kappa shape index (κ1) is 22.5. The molecule has 0 aromatic heterocycles. The molecule has 4 fully saturated rings. The van der Waals surface area contributed by atoms with E-state index in [0.29, 0.717) is 36.5 Å². The van der Waals surface area contributed by atoms with Crippen molar-refractivity contribution in [1.82, 2.24) is 0 Å². The zero-order chi connectivity index (χ0) is 21.8. The number of rotatable bonds is 4. The van der Waals surface area contributed by atoms with Gasteiger partial charge >= 0.3 is 5.97 Å². The predicted octanol–water partition coefficient (Wildman–Crippen LogP) is 3.54. The van der Waals surface area contributed by atoms with Gasteiger partial charge < -0.3 is 20.1 Å². The summed E-state index contributed by atoms with van der Waals surface area (Å²) in [4.78, 5) is 11.7. The molecule has 0 aromatic carbocycles. The Morgan fingerprint density at radius 1 is 0.967 bits per heavy atom. The molecule has 0 amide bonds. The van der Waals surface area contributed by atoms with Gasteiger partial charge in [0.1, 0.15) is 0 Å². The number of carbonyl (C=O) groups excluding carboxylic acids is 1.